The quantitative estimate of drug-likeness (QED) is 0.820. The number of rotatable bonds is 4. The molecule has 0 radical (unpaired) electrons. The van der Waals surface area contributed by atoms with Crippen molar-refractivity contribution in [3.05, 3.63) is 48.3 Å². The standard InChI is InChI=1S/C13H13N3O2/c14-10(13(17)18)7-9-4-5-12(16-8-9)11-3-1-2-6-15-11/h1-6,8,10H,7,14H2,(H,17,18)/p+1/t10-/m0/s1. The number of H-pyrrole nitrogens is 1. The Morgan fingerprint density at radius 1 is 1.39 bits per heavy atom. The van der Waals surface area contributed by atoms with Crippen molar-refractivity contribution in [1.82, 2.24) is 4.98 Å². The minimum absolute atomic E-state index is 0.300. The van der Waals surface area contributed by atoms with Crippen molar-refractivity contribution in [2.24, 2.45) is 5.73 Å². The van der Waals surface area contributed by atoms with Crippen LogP contribution in [0, 0.1) is 0 Å². The third kappa shape index (κ3) is 2.89. The molecule has 92 valence electrons. The molecule has 0 fully saturated rings. The Labute approximate surface area is 104 Å². The van der Waals surface area contributed by atoms with Gasteiger partial charge in [-0.2, -0.15) is 0 Å². The van der Waals surface area contributed by atoms with Crippen LogP contribution < -0.4 is 10.7 Å². The van der Waals surface area contributed by atoms with Crippen molar-refractivity contribution < 1.29 is 14.9 Å². The molecule has 5 nitrogen and oxygen atoms in total. The smallest absolute Gasteiger partial charge is 0.320 e. The second kappa shape index (κ2) is 5.37. The summed E-state index contributed by atoms with van der Waals surface area (Å²) in [5.41, 5.74) is 8.04. The number of carboxylic acids is 1. The van der Waals surface area contributed by atoms with E-state index in [1.54, 1.807) is 12.4 Å². The van der Waals surface area contributed by atoms with E-state index in [9.17, 15) is 4.79 Å². The highest BCUT2D eigenvalue weighted by Gasteiger charge is 2.14. The minimum Gasteiger partial charge on any atom is -0.480 e. The summed E-state index contributed by atoms with van der Waals surface area (Å²) < 4.78 is 0. The number of aromatic amines is 1. The van der Waals surface area contributed by atoms with E-state index in [-0.39, 0.29) is 0 Å². The van der Waals surface area contributed by atoms with Crippen molar-refractivity contribution in [1.29, 1.82) is 0 Å². The zero-order valence-corrected chi connectivity index (χ0v) is 9.71. The predicted molar refractivity (Wildman–Crippen MR) is 65.5 cm³/mol. The number of nitrogens with one attached hydrogen (secondary N) is 1. The van der Waals surface area contributed by atoms with Crippen LogP contribution >= 0.6 is 0 Å². The lowest BCUT2D eigenvalue weighted by atomic mass is 10.1. The van der Waals surface area contributed by atoms with Gasteiger partial charge in [-0.05, 0) is 18.2 Å². The average molecular weight is 244 g/mol. The van der Waals surface area contributed by atoms with E-state index in [4.69, 9.17) is 10.8 Å². The summed E-state index contributed by atoms with van der Waals surface area (Å²) >= 11 is 0. The molecule has 0 aliphatic carbocycles. The maximum absolute atomic E-state index is 10.6. The van der Waals surface area contributed by atoms with Gasteiger partial charge in [0.1, 0.15) is 11.7 Å². The summed E-state index contributed by atoms with van der Waals surface area (Å²) in [6.45, 7) is 0. The van der Waals surface area contributed by atoms with Crippen LogP contribution in [0.3, 0.4) is 0 Å². The van der Waals surface area contributed by atoms with Crippen LogP contribution in [0.25, 0.3) is 11.4 Å². The van der Waals surface area contributed by atoms with E-state index in [2.05, 4.69) is 9.97 Å². The van der Waals surface area contributed by atoms with E-state index in [0.717, 1.165) is 17.0 Å². The van der Waals surface area contributed by atoms with Gasteiger partial charge >= 0.3 is 5.97 Å². The molecular formula is C13H14N3O2+. The molecule has 1 atom stereocenters. The Balaban J connectivity index is 2.13. The summed E-state index contributed by atoms with van der Waals surface area (Å²) in [5, 5.41) is 8.73. The number of carbonyl (C=O) groups is 1. The lowest BCUT2D eigenvalue weighted by Crippen LogP contribution is -2.32. The maximum Gasteiger partial charge on any atom is 0.320 e. The lowest BCUT2D eigenvalue weighted by Gasteiger charge is -2.04. The number of hydrogen-bond donors (Lipinski definition) is 2. The summed E-state index contributed by atoms with van der Waals surface area (Å²) in [5.74, 6) is -0.996. The zero-order valence-electron chi connectivity index (χ0n) is 9.71. The summed E-state index contributed by atoms with van der Waals surface area (Å²) in [4.78, 5) is 18.0. The molecule has 2 rings (SSSR count). The molecule has 0 bridgehead atoms. The number of carboxylic acid groups (broad SMARTS) is 1. The molecule has 0 spiro atoms. The molecule has 2 aromatic heterocycles. The molecule has 0 saturated heterocycles. The van der Waals surface area contributed by atoms with Gasteiger partial charge < -0.3 is 10.8 Å². The van der Waals surface area contributed by atoms with Crippen molar-refractivity contribution in [3.8, 4) is 11.4 Å². The van der Waals surface area contributed by atoms with E-state index < -0.39 is 12.0 Å². The molecule has 0 amide bonds. The topological polar surface area (TPSA) is 90.4 Å². The Bertz CT molecular complexity index is 526. The van der Waals surface area contributed by atoms with Crippen molar-refractivity contribution in [2.45, 2.75) is 12.5 Å². The highest BCUT2D eigenvalue weighted by Crippen LogP contribution is 2.10. The van der Waals surface area contributed by atoms with Gasteiger partial charge in [0.2, 0.25) is 5.69 Å². The minimum atomic E-state index is -0.996. The zero-order chi connectivity index (χ0) is 13.0. The summed E-state index contributed by atoms with van der Waals surface area (Å²) in [7, 11) is 0. The first-order chi connectivity index (χ1) is 8.66. The predicted octanol–water partition coefficient (Wildman–Crippen LogP) is 0.517. The molecule has 5 heteroatoms. The van der Waals surface area contributed by atoms with Crippen LogP contribution in [-0.2, 0) is 11.2 Å². The van der Waals surface area contributed by atoms with Gasteiger partial charge in [0.15, 0.2) is 6.20 Å². The second-order valence-corrected chi connectivity index (χ2v) is 3.97. The third-order valence-corrected chi connectivity index (χ3v) is 2.59. The first-order valence-corrected chi connectivity index (χ1v) is 5.57. The van der Waals surface area contributed by atoms with Gasteiger partial charge in [-0.25, -0.2) is 9.97 Å². The fourth-order valence-electron chi connectivity index (χ4n) is 1.61. The van der Waals surface area contributed by atoms with Crippen LogP contribution in [0.2, 0.25) is 0 Å². The summed E-state index contributed by atoms with van der Waals surface area (Å²) in [6, 6.07) is 8.50. The summed E-state index contributed by atoms with van der Waals surface area (Å²) in [6.07, 6.45) is 3.78. The second-order valence-electron chi connectivity index (χ2n) is 3.97. The van der Waals surface area contributed by atoms with Crippen molar-refractivity contribution in [2.75, 3.05) is 0 Å². The Morgan fingerprint density at radius 2 is 2.22 bits per heavy atom. The fourth-order valence-corrected chi connectivity index (χ4v) is 1.61. The molecule has 4 N–H and O–H groups in total. The molecule has 18 heavy (non-hydrogen) atoms. The van der Waals surface area contributed by atoms with E-state index >= 15 is 0 Å². The Kier molecular flexibility index (Phi) is 3.64. The van der Waals surface area contributed by atoms with Gasteiger partial charge in [-0.15, -0.1) is 0 Å². The van der Waals surface area contributed by atoms with Crippen molar-refractivity contribution >= 4 is 5.97 Å². The van der Waals surface area contributed by atoms with Crippen LogP contribution in [-0.4, -0.2) is 22.1 Å². The Morgan fingerprint density at radius 3 is 2.78 bits per heavy atom. The van der Waals surface area contributed by atoms with Gasteiger partial charge in [0.05, 0.1) is 0 Å². The van der Waals surface area contributed by atoms with Gasteiger partial charge in [-0.3, -0.25) is 4.79 Å². The van der Waals surface area contributed by atoms with Crippen LogP contribution in [0.1, 0.15) is 5.56 Å². The number of aromatic nitrogens is 2. The van der Waals surface area contributed by atoms with Crippen LogP contribution in [0.5, 0.6) is 0 Å². The molecular weight excluding hydrogens is 230 g/mol. The molecule has 0 unspecified atom stereocenters. The van der Waals surface area contributed by atoms with Gasteiger partial charge in [0.25, 0.3) is 0 Å². The molecule has 0 saturated carbocycles. The SMILES string of the molecule is N[C@@H](Cc1ccc(-c2ccccn2)[nH+]c1)C(=O)O. The molecule has 0 aliphatic rings. The third-order valence-electron chi connectivity index (χ3n) is 2.59. The van der Waals surface area contributed by atoms with Gasteiger partial charge in [0, 0.05) is 24.2 Å². The molecule has 0 aromatic carbocycles. The number of pyridine rings is 2. The average Bonchev–Trinajstić information content (AvgIpc) is 2.40. The largest absolute Gasteiger partial charge is 0.480 e. The molecule has 0 aliphatic heterocycles. The number of hydrogen-bond acceptors (Lipinski definition) is 3. The van der Waals surface area contributed by atoms with E-state index in [1.807, 2.05) is 30.3 Å². The lowest BCUT2D eigenvalue weighted by molar-refractivity contribution is -0.365. The van der Waals surface area contributed by atoms with E-state index in [1.165, 1.54) is 0 Å². The van der Waals surface area contributed by atoms with Crippen molar-refractivity contribution in [3.63, 3.8) is 0 Å². The fraction of sp³-hybridized carbons (Fsp3) is 0.154. The van der Waals surface area contributed by atoms with Gasteiger partial charge in [-0.1, -0.05) is 6.07 Å². The van der Waals surface area contributed by atoms with Crippen LogP contribution in [0.15, 0.2) is 42.7 Å². The first-order valence-electron chi connectivity index (χ1n) is 5.57. The molecule has 2 heterocycles. The highest BCUT2D eigenvalue weighted by atomic mass is 16.4. The maximum atomic E-state index is 10.6. The number of aliphatic carboxylic acids is 1. The van der Waals surface area contributed by atoms with Crippen LogP contribution in [0.4, 0.5) is 0 Å². The first kappa shape index (κ1) is 12.2. The highest BCUT2D eigenvalue weighted by molar-refractivity contribution is 5.73. The normalized spacial score (nSPS) is 12.1. The number of nitrogens with zero attached hydrogens (tertiary/aromatic N) is 1. The number of nitrogens with two attached hydrogens (primary N) is 1. The van der Waals surface area contributed by atoms with E-state index in [0.29, 0.717) is 6.42 Å². The Hall–Kier alpha value is -2.27. The molecule has 2 aromatic rings. The monoisotopic (exact) mass is 244 g/mol.